The first kappa shape index (κ1) is 21.5. The molecule has 8 nitrogen and oxygen atoms in total. The van der Waals surface area contributed by atoms with Gasteiger partial charge < -0.3 is 25.0 Å². The Hall–Kier alpha value is -2.77. The first-order chi connectivity index (χ1) is 13.5. The van der Waals surface area contributed by atoms with Gasteiger partial charge >= 0.3 is 6.09 Å². The van der Waals surface area contributed by atoms with Crippen molar-refractivity contribution in [3.05, 3.63) is 29.8 Å². The molecule has 28 heavy (non-hydrogen) atoms. The van der Waals surface area contributed by atoms with E-state index in [2.05, 4.69) is 10.6 Å². The van der Waals surface area contributed by atoms with Gasteiger partial charge in [0.1, 0.15) is 5.75 Å². The molecule has 0 bridgehead atoms. The maximum atomic E-state index is 12.1. The van der Waals surface area contributed by atoms with Crippen molar-refractivity contribution in [1.29, 1.82) is 0 Å². The monoisotopic (exact) mass is 391 g/mol. The number of hydrogen-bond donors (Lipinski definition) is 2. The predicted molar refractivity (Wildman–Crippen MR) is 104 cm³/mol. The van der Waals surface area contributed by atoms with Crippen LogP contribution in [0, 0.1) is 0 Å². The first-order valence-corrected chi connectivity index (χ1v) is 9.66. The molecule has 2 rings (SSSR count). The molecule has 0 aromatic heterocycles. The van der Waals surface area contributed by atoms with Gasteiger partial charge in [-0.15, -0.1) is 0 Å². The second kappa shape index (κ2) is 11.2. The van der Waals surface area contributed by atoms with E-state index in [1.807, 2.05) is 0 Å². The van der Waals surface area contributed by atoms with E-state index in [1.54, 1.807) is 43.2 Å². The van der Waals surface area contributed by atoms with Gasteiger partial charge in [-0.3, -0.25) is 9.59 Å². The topological polar surface area (TPSA) is 97.0 Å². The van der Waals surface area contributed by atoms with Gasteiger partial charge in [-0.2, -0.15) is 0 Å². The van der Waals surface area contributed by atoms with Crippen molar-refractivity contribution in [2.75, 3.05) is 33.4 Å². The van der Waals surface area contributed by atoms with Gasteiger partial charge in [-0.25, -0.2) is 4.79 Å². The van der Waals surface area contributed by atoms with E-state index in [-0.39, 0.29) is 23.9 Å². The second-order valence-electron chi connectivity index (χ2n) is 6.62. The maximum absolute atomic E-state index is 12.1. The largest absolute Gasteiger partial charge is 0.497 e. The summed E-state index contributed by atoms with van der Waals surface area (Å²) in [6, 6.07) is 6.99. The predicted octanol–water partition coefficient (Wildman–Crippen LogP) is 1.94. The Kier molecular flexibility index (Phi) is 8.58. The molecule has 154 valence electrons. The highest BCUT2D eigenvalue weighted by atomic mass is 16.6. The molecular weight excluding hydrogens is 362 g/mol. The third-order valence-corrected chi connectivity index (χ3v) is 4.58. The molecule has 1 fully saturated rings. The van der Waals surface area contributed by atoms with E-state index in [9.17, 15) is 14.4 Å². The number of carbonyl (C=O) groups is 3. The Morgan fingerprint density at radius 2 is 1.96 bits per heavy atom. The average molecular weight is 391 g/mol. The van der Waals surface area contributed by atoms with Crippen molar-refractivity contribution in [2.45, 2.75) is 38.6 Å². The van der Waals surface area contributed by atoms with Crippen LogP contribution in [0.5, 0.6) is 5.75 Å². The van der Waals surface area contributed by atoms with Crippen LogP contribution >= 0.6 is 0 Å². The highest BCUT2D eigenvalue weighted by Gasteiger charge is 2.24. The highest BCUT2D eigenvalue weighted by Crippen LogP contribution is 2.13. The molecule has 1 aliphatic rings. The van der Waals surface area contributed by atoms with Gasteiger partial charge in [0, 0.05) is 37.7 Å². The number of piperidine rings is 1. The summed E-state index contributed by atoms with van der Waals surface area (Å²) in [7, 11) is 1.55. The molecule has 8 heteroatoms. The second-order valence-corrected chi connectivity index (χ2v) is 6.62. The van der Waals surface area contributed by atoms with Crippen LogP contribution in [0.25, 0.3) is 0 Å². The molecule has 2 N–H and O–H groups in total. The summed E-state index contributed by atoms with van der Waals surface area (Å²) in [5.74, 6) is 0.400. The van der Waals surface area contributed by atoms with Gasteiger partial charge in [0.15, 0.2) is 0 Å². The van der Waals surface area contributed by atoms with Crippen molar-refractivity contribution in [3.63, 3.8) is 0 Å². The van der Waals surface area contributed by atoms with E-state index < -0.39 is 0 Å². The van der Waals surface area contributed by atoms with Crippen LogP contribution in [0.1, 0.15) is 43.0 Å². The summed E-state index contributed by atoms with van der Waals surface area (Å²) < 4.78 is 10.1. The third kappa shape index (κ3) is 6.75. The van der Waals surface area contributed by atoms with Crippen LogP contribution in [-0.2, 0) is 9.53 Å². The molecular formula is C20H29N3O5. The van der Waals surface area contributed by atoms with Crippen LogP contribution < -0.4 is 15.4 Å². The van der Waals surface area contributed by atoms with E-state index in [1.165, 1.54) is 0 Å². The molecule has 0 aliphatic carbocycles. The molecule has 1 aromatic carbocycles. The first-order valence-electron chi connectivity index (χ1n) is 9.66. The Labute approximate surface area is 165 Å². The van der Waals surface area contributed by atoms with Crippen molar-refractivity contribution < 1.29 is 23.9 Å². The average Bonchev–Trinajstić information content (AvgIpc) is 2.71. The highest BCUT2D eigenvalue weighted by molar-refractivity contribution is 5.94. The van der Waals surface area contributed by atoms with E-state index >= 15 is 0 Å². The lowest BCUT2D eigenvalue weighted by molar-refractivity contribution is -0.122. The number of likely N-dealkylation sites (tertiary alicyclic amines) is 1. The number of methoxy groups -OCH3 is 1. The van der Waals surface area contributed by atoms with Crippen LogP contribution in [-0.4, -0.2) is 62.2 Å². The maximum Gasteiger partial charge on any atom is 0.409 e. The number of nitrogens with one attached hydrogen (secondary N) is 2. The molecule has 0 unspecified atom stereocenters. The van der Waals surface area contributed by atoms with Crippen molar-refractivity contribution in [2.24, 2.45) is 0 Å². The summed E-state index contributed by atoms with van der Waals surface area (Å²) in [6.45, 7) is 3.74. The summed E-state index contributed by atoms with van der Waals surface area (Å²) >= 11 is 0. The van der Waals surface area contributed by atoms with Crippen molar-refractivity contribution in [3.8, 4) is 5.75 Å². The fourth-order valence-corrected chi connectivity index (χ4v) is 3.04. The minimum atomic E-state index is -0.293. The number of carbonyl (C=O) groups excluding carboxylic acids is 3. The fourth-order valence-electron chi connectivity index (χ4n) is 3.04. The zero-order chi connectivity index (χ0) is 20.4. The summed E-state index contributed by atoms with van der Waals surface area (Å²) in [6.07, 6.45) is 2.05. The van der Waals surface area contributed by atoms with Crippen molar-refractivity contribution in [1.82, 2.24) is 15.5 Å². The Morgan fingerprint density at radius 3 is 2.64 bits per heavy atom. The Balaban J connectivity index is 1.61. The molecule has 0 spiro atoms. The van der Waals surface area contributed by atoms with Gasteiger partial charge in [-0.05, 0) is 44.4 Å². The number of nitrogens with zero attached hydrogens (tertiary/aromatic N) is 1. The number of benzene rings is 1. The van der Waals surface area contributed by atoms with E-state index in [0.29, 0.717) is 50.4 Å². The number of ether oxygens (including phenoxy) is 2. The molecule has 3 amide bonds. The van der Waals surface area contributed by atoms with Gasteiger partial charge in [0.05, 0.1) is 13.7 Å². The molecule has 0 atom stereocenters. The molecule has 0 saturated carbocycles. The molecule has 1 heterocycles. The van der Waals surface area contributed by atoms with Gasteiger partial charge in [0.25, 0.3) is 5.91 Å². The van der Waals surface area contributed by atoms with Crippen LogP contribution in [0.4, 0.5) is 4.79 Å². The van der Waals surface area contributed by atoms with Crippen molar-refractivity contribution >= 4 is 17.9 Å². The minimum Gasteiger partial charge on any atom is -0.497 e. The lowest BCUT2D eigenvalue weighted by Gasteiger charge is -2.31. The van der Waals surface area contributed by atoms with Crippen LogP contribution in [0.2, 0.25) is 0 Å². The number of rotatable bonds is 8. The number of amides is 3. The van der Waals surface area contributed by atoms with E-state index in [0.717, 1.165) is 12.8 Å². The smallest absolute Gasteiger partial charge is 0.409 e. The SMILES string of the molecule is CCOC(=O)N1CCC(NC(=O)CCCNC(=O)c2cccc(OC)c2)CC1. The summed E-state index contributed by atoms with van der Waals surface area (Å²) in [5, 5.41) is 5.81. The van der Waals surface area contributed by atoms with Gasteiger partial charge in [-0.1, -0.05) is 6.07 Å². The quantitative estimate of drug-likeness (QED) is 0.660. The fraction of sp³-hybridized carbons (Fsp3) is 0.550. The summed E-state index contributed by atoms with van der Waals surface area (Å²) in [4.78, 5) is 37.5. The third-order valence-electron chi connectivity index (χ3n) is 4.58. The Morgan fingerprint density at radius 1 is 1.21 bits per heavy atom. The zero-order valence-electron chi connectivity index (χ0n) is 16.5. The van der Waals surface area contributed by atoms with Crippen LogP contribution in [0.15, 0.2) is 24.3 Å². The molecule has 1 aliphatic heterocycles. The lowest BCUT2D eigenvalue weighted by Crippen LogP contribution is -2.46. The lowest BCUT2D eigenvalue weighted by atomic mass is 10.1. The Bertz CT molecular complexity index is 672. The number of hydrogen-bond acceptors (Lipinski definition) is 5. The van der Waals surface area contributed by atoms with E-state index in [4.69, 9.17) is 9.47 Å². The standard InChI is InChI=1S/C20H29N3O5/c1-3-28-20(26)23-12-9-16(10-13-23)22-18(24)8-5-11-21-19(25)15-6-4-7-17(14-15)27-2/h4,6-7,14,16H,3,5,8-13H2,1-2H3,(H,21,25)(H,22,24). The molecule has 1 aromatic rings. The van der Waals surface area contributed by atoms with Crippen LogP contribution in [0.3, 0.4) is 0 Å². The normalized spacial score (nSPS) is 14.3. The van der Waals surface area contributed by atoms with Gasteiger partial charge in [0.2, 0.25) is 5.91 Å². The zero-order valence-corrected chi connectivity index (χ0v) is 16.5. The molecule has 1 saturated heterocycles. The minimum absolute atomic E-state index is 0.0368. The summed E-state index contributed by atoms with van der Waals surface area (Å²) in [5.41, 5.74) is 0.525. The molecule has 0 radical (unpaired) electrons.